The van der Waals surface area contributed by atoms with Gasteiger partial charge in [0.15, 0.2) is 5.82 Å². The molecule has 0 spiro atoms. The van der Waals surface area contributed by atoms with E-state index in [-0.39, 0.29) is 21.9 Å². The number of carbonyl (C=O) groups is 1. The van der Waals surface area contributed by atoms with Crippen LogP contribution in [0.25, 0.3) is 11.5 Å². The molecular weight excluding hydrogens is 510 g/mol. The van der Waals surface area contributed by atoms with E-state index in [4.69, 9.17) is 20.1 Å². The maximum Gasteiger partial charge on any atom is 0.273 e. The minimum Gasteiger partial charge on any atom is -0.441 e. The van der Waals surface area contributed by atoms with Crippen molar-refractivity contribution in [2.75, 3.05) is 23.3 Å². The van der Waals surface area contributed by atoms with Gasteiger partial charge in [-0.3, -0.25) is 4.79 Å². The number of halogens is 1. The highest BCUT2D eigenvalue weighted by Gasteiger charge is 2.30. The van der Waals surface area contributed by atoms with Crippen molar-refractivity contribution in [1.29, 1.82) is 0 Å². The molecule has 9 nitrogen and oxygen atoms in total. The molecule has 0 bridgehead atoms. The second kappa shape index (κ2) is 10.5. The normalized spacial score (nSPS) is 16.6. The zero-order chi connectivity index (χ0) is 27.7. The molecule has 0 aromatic carbocycles. The van der Waals surface area contributed by atoms with Crippen LogP contribution in [0, 0.1) is 5.92 Å². The number of nitrogens with one attached hydrogen (secondary N) is 2. The van der Waals surface area contributed by atoms with E-state index in [9.17, 15) is 13.2 Å². The number of anilines is 2. The van der Waals surface area contributed by atoms with Gasteiger partial charge in [-0.1, -0.05) is 18.5 Å². The molecule has 3 aromatic rings. The summed E-state index contributed by atoms with van der Waals surface area (Å²) < 4.78 is 56.2. The van der Waals surface area contributed by atoms with E-state index in [0.717, 1.165) is 17.0 Å². The number of hydrogen-bond donors (Lipinski definition) is 2. The van der Waals surface area contributed by atoms with E-state index >= 15 is 0 Å². The third kappa shape index (κ3) is 5.96. The minimum absolute atomic E-state index is 0.00372. The molecule has 4 rings (SSSR count). The maximum absolute atomic E-state index is 12.7. The standard InChI is InChI=1S/C23H28ClN5O4S2/c1-4-17-13-26-23(33-17)16-11-18(27-14(2)3)21(25-12-16)29-9-7-15(8-10-29)22(30)28-35(31,32)20-6-5-19(24)34-20/h5-6,11-15,27H,4,7-10H2,1-3H3,(H,28,30)/i1T,4T2. The molecule has 3 aromatic heterocycles. The van der Waals surface area contributed by atoms with Gasteiger partial charge in [-0.05, 0) is 44.9 Å². The topological polar surface area (TPSA) is 117 Å². The third-order valence-corrected chi connectivity index (χ3v) is 8.52. The molecule has 1 saturated heterocycles. The van der Waals surface area contributed by atoms with Gasteiger partial charge >= 0.3 is 0 Å². The van der Waals surface area contributed by atoms with Gasteiger partial charge in [0.2, 0.25) is 11.8 Å². The number of rotatable bonds is 8. The zero-order valence-corrected chi connectivity index (χ0v) is 21.6. The molecule has 1 aliphatic heterocycles. The van der Waals surface area contributed by atoms with E-state index in [1.54, 1.807) is 6.20 Å². The Morgan fingerprint density at radius 1 is 1.34 bits per heavy atom. The van der Waals surface area contributed by atoms with E-state index in [2.05, 4.69) is 20.0 Å². The van der Waals surface area contributed by atoms with Crippen LogP contribution in [0.2, 0.25) is 4.34 Å². The third-order valence-electron chi connectivity index (χ3n) is 5.45. The van der Waals surface area contributed by atoms with Crippen molar-refractivity contribution in [2.24, 2.45) is 5.92 Å². The molecule has 4 heterocycles. The Labute approximate surface area is 218 Å². The molecule has 0 aliphatic carbocycles. The van der Waals surface area contributed by atoms with Crippen LogP contribution in [0.15, 0.2) is 39.2 Å². The molecular formula is C23H28ClN5O4S2. The second-order valence-corrected chi connectivity index (χ2v) is 12.0. The van der Waals surface area contributed by atoms with Crippen LogP contribution >= 0.6 is 22.9 Å². The summed E-state index contributed by atoms with van der Waals surface area (Å²) in [6.07, 6.45) is 1.83. The zero-order valence-electron chi connectivity index (χ0n) is 22.2. The van der Waals surface area contributed by atoms with Gasteiger partial charge in [0.25, 0.3) is 10.0 Å². The van der Waals surface area contributed by atoms with Gasteiger partial charge in [-0.15, -0.1) is 11.3 Å². The number of pyridine rings is 1. The van der Waals surface area contributed by atoms with Crippen LogP contribution in [-0.4, -0.2) is 43.4 Å². The lowest BCUT2D eigenvalue weighted by Crippen LogP contribution is -2.42. The predicted molar refractivity (Wildman–Crippen MR) is 137 cm³/mol. The van der Waals surface area contributed by atoms with Crippen molar-refractivity contribution in [2.45, 2.75) is 50.2 Å². The molecule has 0 saturated carbocycles. The molecule has 1 aliphatic rings. The first-order chi connectivity index (χ1) is 17.9. The average molecular weight is 544 g/mol. The largest absolute Gasteiger partial charge is 0.441 e. The SMILES string of the molecule is [3H]CC([3H])([3H])c1cnc(-c2cnc(N3CCC(C(=O)NS(=O)(=O)c4ccc(Cl)s4)CC3)c(NC(C)C)c2)o1. The summed E-state index contributed by atoms with van der Waals surface area (Å²) in [5.41, 5.74) is 1.28. The number of aryl methyl sites for hydroxylation is 1. The van der Waals surface area contributed by atoms with Crippen LogP contribution in [-0.2, 0) is 21.2 Å². The van der Waals surface area contributed by atoms with Gasteiger partial charge < -0.3 is 14.6 Å². The van der Waals surface area contributed by atoms with Crippen molar-refractivity contribution in [3.63, 3.8) is 0 Å². The molecule has 1 amide bonds. The predicted octanol–water partition coefficient (Wildman–Crippen LogP) is 4.56. The van der Waals surface area contributed by atoms with Crippen LogP contribution in [0.3, 0.4) is 0 Å². The Bertz CT molecular complexity index is 1410. The van der Waals surface area contributed by atoms with E-state index in [1.165, 1.54) is 18.3 Å². The van der Waals surface area contributed by atoms with Crippen molar-refractivity contribution >= 4 is 50.4 Å². The number of piperidine rings is 1. The van der Waals surface area contributed by atoms with Crippen LogP contribution in [0.5, 0.6) is 0 Å². The van der Waals surface area contributed by atoms with Gasteiger partial charge in [0, 0.05) is 41.7 Å². The van der Waals surface area contributed by atoms with Crippen LogP contribution in [0.4, 0.5) is 11.5 Å². The van der Waals surface area contributed by atoms with Crippen LogP contribution in [0.1, 0.15) is 43.5 Å². The van der Waals surface area contributed by atoms with Crippen molar-refractivity contribution in [3.8, 4) is 11.5 Å². The molecule has 188 valence electrons. The summed E-state index contributed by atoms with van der Waals surface area (Å²) in [6.45, 7) is 4.48. The Morgan fingerprint density at radius 3 is 2.77 bits per heavy atom. The molecule has 2 N–H and O–H groups in total. The molecule has 35 heavy (non-hydrogen) atoms. The minimum atomic E-state index is -3.96. The first-order valence-electron chi connectivity index (χ1n) is 12.7. The van der Waals surface area contributed by atoms with Gasteiger partial charge in [-0.2, -0.15) is 0 Å². The van der Waals surface area contributed by atoms with E-state index < -0.39 is 35.1 Å². The number of hydrogen-bond acceptors (Lipinski definition) is 9. The summed E-state index contributed by atoms with van der Waals surface area (Å²) in [5.74, 6) is -0.142. The van der Waals surface area contributed by atoms with E-state index in [0.29, 0.717) is 41.6 Å². The highest BCUT2D eigenvalue weighted by Crippen LogP contribution is 2.33. The molecule has 1 fully saturated rings. The smallest absolute Gasteiger partial charge is 0.273 e. The summed E-state index contributed by atoms with van der Waals surface area (Å²) in [4.78, 5) is 23.6. The first kappa shape index (κ1) is 21.6. The second-order valence-electron chi connectivity index (χ2n) is 8.39. The fraction of sp³-hybridized carbons (Fsp3) is 0.435. The molecule has 0 radical (unpaired) electrons. The Morgan fingerprint density at radius 2 is 2.11 bits per heavy atom. The lowest BCUT2D eigenvalue weighted by molar-refractivity contribution is -0.123. The molecule has 0 atom stereocenters. The summed E-state index contributed by atoms with van der Waals surface area (Å²) >= 11 is 6.73. The van der Waals surface area contributed by atoms with Crippen molar-refractivity contribution in [1.82, 2.24) is 14.7 Å². The van der Waals surface area contributed by atoms with Crippen molar-refractivity contribution in [3.05, 3.63) is 40.7 Å². The summed E-state index contributed by atoms with van der Waals surface area (Å²) in [7, 11) is -3.96. The fourth-order valence-corrected chi connectivity index (χ4v) is 6.32. The highest BCUT2D eigenvalue weighted by molar-refractivity contribution is 7.92. The van der Waals surface area contributed by atoms with Crippen LogP contribution < -0.4 is 14.9 Å². The maximum atomic E-state index is 12.7. The average Bonchev–Trinajstić information content (AvgIpc) is 3.54. The lowest BCUT2D eigenvalue weighted by atomic mass is 9.96. The number of aromatic nitrogens is 2. The quantitative estimate of drug-likeness (QED) is 0.424. The van der Waals surface area contributed by atoms with Gasteiger partial charge in [0.05, 0.1) is 21.8 Å². The number of carbonyl (C=O) groups excluding carboxylic acids is 1. The fourth-order valence-electron chi connectivity index (χ4n) is 3.79. The van der Waals surface area contributed by atoms with Gasteiger partial charge in [0.1, 0.15) is 9.97 Å². The number of amides is 1. The Balaban J connectivity index is 1.47. The highest BCUT2D eigenvalue weighted by atomic mass is 35.5. The Hall–Kier alpha value is -2.63. The van der Waals surface area contributed by atoms with Crippen molar-refractivity contribution < 1.29 is 21.7 Å². The number of thiophene rings is 1. The van der Waals surface area contributed by atoms with Gasteiger partial charge in [-0.25, -0.2) is 23.1 Å². The number of sulfonamides is 1. The monoisotopic (exact) mass is 543 g/mol. The summed E-state index contributed by atoms with van der Waals surface area (Å²) in [6, 6.07) is 4.75. The molecule has 0 unspecified atom stereocenters. The lowest BCUT2D eigenvalue weighted by Gasteiger charge is -2.33. The summed E-state index contributed by atoms with van der Waals surface area (Å²) in [5, 5.41) is 3.37. The first-order valence-corrected chi connectivity index (χ1v) is 13.7. The number of oxazole rings is 1. The molecule has 12 heteroatoms. The van der Waals surface area contributed by atoms with E-state index in [1.807, 2.05) is 24.8 Å². The Kier molecular flexibility index (Phi) is 6.52. The number of nitrogens with zero attached hydrogens (tertiary/aromatic N) is 3.